The van der Waals surface area contributed by atoms with Gasteiger partial charge < -0.3 is 18.8 Å². The first-order valence-corrected chi connectivity index (χ1v) is 7.28. The third kappa shape index (κ3) is 4.59. The Bertz CT molecular complexity index is 319. The largest absolute Gasteiger partial charge is 0.461 e. The van der Waals surface area contributed by atoms with Crippen LogP contribution in [0.3, 0.4) is 0 Å². The fourth-order valence-corrected chi connectivity index (χ4v) is 2.14. The first kappa shape index (κ1) is 17.7. The highest BCUT2D eigenvalue weighted by atomic mass is 16.7. The minimum atomic E-state index is -0.253. The van der Waals surface area contributed by atoms with Gasteiger partial charge in [-0.25, -0.2) is 0 Å². The Kier molecular flexibility index (Phi) is 6.26. The standard InChI is InChI=1S/C15H29BO4/c1-12(8-9-13(17-6)18-7)10-11-16-19-14(2,3)15(4,5)20-16/h10,13H,8-9,11H2,1-7H3/b12-10+. The lowest BCUT2D eigenvalue weighted by Gasteiger charge is -2.32. The van der Waals surface area contributed by atoms with Gasteiger partial charge in [0.2, 0.25) is 0 Å². The van der Waals surface area contributed by atoms with Crippen molar-refractivity contribution >= 4 is 7.12 Å². The molecule has 1 fully saturated rings. The van der Waals surface area contributed by atoms with Crippen molar-refractivity contribution < 1.29 is 18.8 Å². The van der Waals surface area contributed by atoms with E-state index in [0.29, 0.717) is 0 Å². The van der Waals surface area contributed by atoms with Gasteiger partial charge in [0.1, 0.15) is 0 Å². The summed E-state index contributed by atoms with van der Waals surface area (Å²) in [6, 6.07) is 0. The molecular weight excluding hydrogens is 255 g/mol. The van der Waals surface area contributed by atoms with Crippen LogP contribution in [0.1, 0.15) is 47.5 Å². The summed E-state index contributed by atoms with van der Waals surface area (Å²) >= 11 is 0. The van der Waals surface area contributed by atoms with Crippen molar-refractivity contribution in [3.8, 4) is 0 Å². The molecule has 116 valence electrons. The summed E-state index contributed by atoms with van der Waals surface area (Å²) in [4.78, 5) is 0. The average Bonchev–Trinajstić information content (AvgIpc) is 2.56. The lowest BCUT2D eigenvalue weighted by atomic mass is 9.84. The molecule has 1 heterocycles. The molecule has 0 aromatic heterocycles. The van der Waals surface area contributed by atoms with Gasteiger partial charge in [0, 0.05) is 27.0 Å². The summed E-state index contributed by atoms with van der Waals surface area (Å²) in [7, 11) is 3.17. The van der Waals surface area contributed by atoms with Crippen molar-refractivity contribution in [1.29, 1.82) is 0 Å². The molecule has 0 unspecified atom stereocenters. The maximum absolute atomic E-state index is 5.97. The van der Waals surface area contributed by atoms with Crippen LogP contribution in [-0.2, 0) is 18.8 Å². The zero-order valence-electron chi connectivity index (χ0n) is 14.0. The topological polar surface area (TPSA) is 36.9 Å². The number of rotatable bonds is 7. The van der Waals surface area contributed by atoms with Gasteiger partial charge in [-0.1, -0.05) is 11.6 Å². The lowest BCUT2D eigenvalue weighted by Crippen LogP contribution is -2.41. The Morgan fingerprint density at radius 3 is 2.05 bits per heavy atom. The van der Waals surface area contributed by atoms with Crippen molar-refractivity contribution in [2.75, 3.05) is 14.2 Å². The van der Waals surface area contributed by atoms with Crippen LogP contribution in [0.5, 0.6) is 0 Å². The van der Waals surface area contributed by atoms with E-state index < -0.39 is 0 Å². The second-order valence-corrected chi connectivity index (χ2v) is 6.41. The first-order valence-electron chi connectivity index (χ1n) is 7.28. The van der Waals surface area contributed by atoms with Crippen molar-refractivity contribution in [2.45, 2.75) is 71.3 Å². The second-order valence-electron chi connectivity index (χ2n) is 6.41. The summed E-state index contributed by atoms with van der Waals surface area (Å²) in [5.74, 6) is 0. The van der Waals surface area contributed by atoms with Crippen molar-refractivity contribution in [3.63, 3.8) is 0 Å². The van der Waals surface area contributed by atoms with E-state index in [1.165, 1.54) is 5.57 Å². The van der Waals surface area contributed by atoms with E-state index >= 15 is 0 Å². The maximum atomic E-state index is 5.97. The van der Waals surface area contributed by atoms with Crippen LogP contribution in [-0.4, -0.2) is 38.8 Å². The van der Waals surface area contributed by atoms with Crippen LogP contribution in [0.25, 0.3) is 0 Å². The molecule has 0 saturated carbocycles. The lowest BCUT2D eigenvalue weighted by molar-refractivity contribution is -0.105. The SMILES string of the molecule is COC(CC/C(C)=C/CB1OC(C)(C)C(C)(C)O1)OC. The molecule has 0 aliphatic carbocycles. The van der Waals surface area contributed by atoms with Crippen molar-refractivity contribution in [2.24, 2.45) is 0 Å². The fourth-order valence-electron chi connectivity index (χ4n) is 2.14. The molecule has 5 heteroatoms. The van der Waals surface area contributed by atoms with Crippen LogP contribution in [0.4, 0.5) is 0 Å². The molecule has 0 radical (unpaired) electrons. The van der Waals surface area contributed by atoms with Crippen molar-refractivity contribution in [1.82, 2.24) is 0 Å². The predicted octanol–water partition coefficient (Wildman–Crippen LogP) is 3.42. The Morgan fingerprint density at radius 1 is 1.10 bits per heavy atom. The monoisotopic (exact) mass is 284 g/mol. The van der Waals surface area contributed by atoms with Crippen LogP contribution < -0.4 is 0 Å². The highest BCUT2D eigenvalue weighted by molar-refractivity contribution is 6.46. The first-order chi connectivity index (χ1) is 9.21. The zero-order chi connectivity index (χ0) is 15.4. The Balaban J connectivity index is 2.41. The maximum Gasteiger partial charge on any atom is 0.461 e. The predicted molar refractivity (Wildman–Crippen MR) is 81.7 cm³/mol. The van der Waals surface area contributed by atoms with Crippen LogP contribution in [0.2, 0.25) is 6.32 Å². The van der Waals surface area contributed by atoms with Gasteiger partial charge in [-0.05, 0) is 41.0 Å². The van der Waals surface area contributed by atoms with Gasteiger partial charge in [-0.2, -0.15) is 0 Å². The molecule has 0 atom stereocenters. The molecule has 1 aliphatic rings. The van der Waals surface area contributed by atoms with E-state index in [4.69, 9.17) is 18.8 Å². The molecule has 20 heavy (non-hydrogen) atoms. The number of hydrogen-bond acceptors (Lipinski definition) is 4. The highest BCUT2D eigenvalue weighted by Gasteiger charge is 2.50. The number of allylic oxidation sites excluding steroid dienone is 2. The smallest absolute Gasteiger partial charge is 0.403 e. The molecule has 1 aliphatic heterocycles. The van der Waals surface area contributed by atoms with E-state index in [1.807, 2.05) is 0 Å². The van der Waals surface area contributed by atoms with Crippen molar-refractivity contribution in [3.05, 3.63) is 11.6 Å². The summed E-state index contributed by atoms with van der Waals surface area (Å²) < 4.78 is 22.3. The number of methoxy groups -OCH3 is 2. The van der Waals surface area contributed by atoms with Gasteiger partial charge in [0.05, 0.1) is 11.2 Å². The van der Waals surface area contributed by atoms with Crippen LogP contribution in [0, 0.1) is 0 Å². The van der Waals surface area contributed by atoms with Gasteiger partial charge in [0.25, 0.3) is 0 Å². The fraction of sp³-hybridized carbons (Fsp3) is 0.867. The summed E-state index contributed by atoms with van der Waals surface area (Å²) in [6.45, 7) is 10.4. The molecule has 0 spiro atoms. The molecule has 0 amide bonds. The van der Waals surface area contributed by atoms with Crippen LogP contribution in [0.15, 0.2) is 11.6 Å². The molecule has 0 aromatic carbocycles. The third-order valence-electron chi connectivity index (χ3n) is 4.26. The molecule has 4 nitrogen and oxygen atoms in total. The minimum absolute atomic E-state index is 0.129. The Labute approximate surface area is 123 Å². The number of ether oxygens (including phenoxy) is 2. The van der Waals surface area contributed by atoms with E-state index in [9.17, 15) is 0 Å². The Morgan fingerprint density at radius 2 is 1.60 bits per heavy atom. The average molecular weight is 284 g/mol. The van der Waals surface area contributed by atoms with E-state index in [1.54, 1.807) is 14.2 Å². The second kappa shape index (κ2) is 7.07. The summed E-state index contributed by atoms with van der Waals surface area (Å²) in [5.41, 5.74) is 0.798. The molecule has 0 aromatic rings. The summed E-state index contributed by atoms with van der Waals surface area (Å²) in [6.07, 6.45) is 4.65. The molecule has 0 bridgehead atoms. The minimum Gasteiger partial charge on any atom is -0.403 e. The third-order valence-corrected chi connectivity index (χ3v) is 4.26. The molecule has 1 rings (SSSR count). The molecular formula is C15H29BO4. The zero-order valence-corrected chi connectivity index (χ0v) is 14.0. The van der Waals surface area contributed by atoms with E-state index in [-0.39, 0.29) is 24.6 Å². The highest BCUT2D eigenvalue weighted by Crippen LogP contribution is 2.37. The van der Waals surface area contributed by atoms with Crippen LogP contribution >= 0.6 is 0 Å². The van der Waals surface area contributed by atoms with E-state index in [0.717, 1.165) is 19.2 Å². The van der Waals surface area contributed by atoms with Gasteiger partial charge in [0.15, 0.2) is 6.29 Å². The molecule has 0 N–H and O–H groups in total. The van der Waals surface area contributed by atoms with Gasteiger partial charge in [-0.15, -0.1) is 0 Å². The van der Waals surface area contributed by atoms with Gasteiger partial charge in [-0.3, -0.25) is 0 Å². The molecule has 1 saturated heterocycles. The Hall–Kier alpha value is -0.355. The quantitative estimate of drug-likeness (QED) is 0.408. The van der Waals surface area contributed by atoms with Gasteiger partial charge >= 0.3 is 7.12 Å². The number of hydrogen-bond donors (Lipinski definition) is 0. The van der Waals surface area contributed by atoms with E-state index in [2.05, 4.69) is 40.7 Å². The summed E-state index contributed by atoms with van der Waals surface area (Å²) in [5, 5.41) is 0. The normalized spacial score (nSPS) is 21.8.